The van der Waals surface area contributed by atoms with E-state index >= 15 is 0 Å². The van der Waals surface area contributed by atoms with Crippen LogP contribution >= 0.6 is 0 Å². The van der Waals surface area contributed by atoms with Gasteiger partial charge in [0.15, 0.2) is 0 Å². The molecule has 1 heterocycles. The highest BCUT2D eigenvalue weighted by molar-refractivity contribution is 6.05. The number of amides is 2. The molecule has 6 nitrogen and oxygen atoms in total. The first-order valence-corrected chi connectivity index (χ1v) is 5.19. The molecule has 0 N–H and O–H groups in total. The van der Waals surface area contributed by atoms with Gasteiger partial charge in [-0.25, -0.2) is 0 Å². The molecule has 1 saturated heterocycles. The number of hydrogen-bond donors (Lipinski definition) is 0. The summed E-state index contributed by atoms with van der Waals surface area (Å²) in [5.41, 5.74) is 0.222. The van der Waals surface area contributed by atoms with Crippen LogP contribution in [0.3, 0.4) is 0 Å². The summed E-state index contributed by atoms with van der Waals surface area (Å²) in [6.07, 6.45) is 1.07. The molecule has 1 fully saturated rings. The van der Waals surface area contributed by atoms with E-state index in [1.807, 2.05) is 0 Å². The van der Waals surface area contributed by atoms with Crippen molar-refractivity contribution in [2.45, 2.75) is 12.8 Å². The summed E-state index contributed by atoms with van der Waals surface area (Å²) in [5, 5.41) is 10.4. The fourth-order valence-electron chi connectivity index (χ4n) is 1.74. The number of rotatable bonds is 2. The summed E-state index contributed by atoms with van der Waals surface area (Å²) in [5.74, 6) is -0.573. The molecule has 17 heavy (non-hydrogen) atoms. The van der Waals surface area contributed by atoms with Crippen LogP contribution in [0.4, 0.5) is 5.69 Å². The Morgan fingerprint density at radius 1 is 1.29 bits per heavy atom. The smallest absolute Gasteiger partial charge is 0.269 e. The molecule has 0 bridgehead atoms. The van der Waals surface area contributed by atoms with Crippen molar-refractivity contribution in [1.82, 2.24) is 4.90 Å². The van der Waals surface area contributed by atoms with Crippen LogP contribution in [0, 0.1) is 10.1 Å². The van der Waals surface area contributed by atoms with Gasteiger partial charge < -0.3 is 0 Å². The molecule has 0 saturated carbocycles. The minimum atomic E-state index is -0.532. The van der Waals surface area contributed by atoms with Crippen molar-refractivity contribution in [2.24, 2.45) is 0 Å². The molecule has 2 amide bonds. The summed E-state index contributed by atoms with van der Waals surface area (Å²) in [6.45, 7) is 0.425. The zero-order valence-corrected chi connectivity index (χ0v) is 8.96. The minimum Gasteiger partial charge on any atom is -0.279 e. The first-order valence-electron chi connectivity index (χ1n) is 5.19. The lowest BCUT2D eigenvalue weighted by atomic mass is 10.2. The van der Waals surface area contributed by atoms with Gasteiger partial charge >= 0.3 is 0 Å². The van der Waals surface area contributed by atoms with Crippen LogP contribution in [0.2, 0.25) is 0 Å². The van der Waals surface area contributed by atoms with E-state index in [0.717, 1.165) is 0 Å². The third-order valence-corrected chi connectivity index (χ3v) is 2.64. The largest absolute Gasteiger partial charge is 0.279 e. The third kappa shape index (κ3) is 2.15. The van der Waals surface area contributed by atoms with Crippen molar-refractivity contribution < 1.29 is 14.5 Å². The highest BCUT2D eigenvalue weighted by Gasteiger charge is 2.27. The van der Waals surface area contributed by atoms with Gasteiger partial charge in [-0.2, -0.15) is 0 Å². The minimum absolute atomic E-state index is 0.0747. The Morgan fingerprint density at radius 3 is 2.41 bits per heavy atom. The van der Waals surface area contributed by atoms with Gasteiger partial charge in [-0.3, -0.25) is 24.6 Å². The van der Waals surface area contributed by atoms with E-state index in [1.165, 1.54) is 29.2 Å². The highest BCUT2D eigenvalue weighted by Crippen LogP contribution is 2.17. The summed E-state index contributed by atoms with van der Waals surface area (Å²) in [6, 6.07) is 5.25. The zero-order valence-electron chi connectivity index (χ0n) is 8.96. The molecular formula is C11H10N2O4. The van der Waals surface area contributed by atoms with Gasteiger partial charge in [-0.05, 0) is 18.6 Å². The Kier molecular flexibility index (Phi) is 2.86. The summed E-state index contributed by atoms with van der Waals surface area (Å²) >= 11 is 0. The van der Waals surface area contributed by atoms with E-state index in [4.69, 9.17) is 0 Å². The van der Waals surface area contributed by atoms with Crippen LogP contribution in [0.5, 0.6) is 0 Å². The number of hydrogen-bond acceptors (Lipinski definition) is 4. The van der Waals surface area contributed by atoms with E-state index < -0.39 is 4.92 Å². The van der Waals surface area contributed by atoms with Crippen molar-refractivity contribution in [3.05, 3.63) is 39.9 Å². The fraction of sp³-hybridized carbons (Fsp3) is 0.273. The number of imide groups is 1. The number of carbonyl (C=O) groups is 2. The van der Waals surface area contributed by atoms with Crippen LogP contribution in [0.15, 0.2) is 24.3 Å². The molecule has 0 aliphatic carbocycles. The van der Waals surface area contributed by atoms with Crippen molar-refractivity contribution in [1.29, 1.82) is 0 Å². The fourth-order valence-corrected chi connectivity index (χ4v) is 1.74. The number of nitrogens with zero attached hydrogens (tertiary/aromatic N) is 2. The monoisotopic (exact) mass is 234 g/mol. The zero-order chi connectivity index (χ0) is 12.4. The topological polar surface area (TPSA) is 80.5 Å². The lowest BCUT2D eigenvalue weighted by Gasteiger charge is -2.12. The van der Waals surface area contributed by atoms with Crippen molar-refractivity contribution >= 4 is 17.5 Å². The number of nitro groups is 1. The third-order valence-electron chi connectivity index (χ3n) is 2.64. The van der Waals surface area contributed by atoms with Crippen molar-refractivity contribution in [3.63, 3.8) is 0 Å². The van der Waals surface area contributed by atoms with Crippen LogP contribution < -0.4 is 0 Å². The van der Waals surface area contributed by atoms with Crippen molar-refractivity contribution in [3.8, 4) is 0 Å². The van der Waals surface area contributed by atoms with Gasteiger partial charge in [0.05, 0.1) is 4.92 Å². The molecule has 0 unspecified atom stereocenters. The van der Waals surface area contributed by atoms with Gasteiger partial charge in [0.1, 0.15) is 0 Å². The second-order valence-corrected chi connectivity index (χ2v) is 3.76. The molecule has 0 radical (unpaired) electrons. The van der Waals surface area contributed by atoms with Gasteiger partial charge in [0, 0.05) is 30.7 Å². The van der Waals surface area contributed by atoms with Crippen LogP contribution in [-0.2, 0) is 4.79 Å². The van der Waals surface area contributed by atoms with Gasteiger partial charge in [0.2, 0.25) is 5.91 Å². The Balaban J connectivity index is 2.20. The molecule has 1 aromatic carbocycles. The molecule has 6 heteroatoms. The number of nitro benzene ring substituents is 1. The molecule has 0 spiro atoms. The van der Waals surface area contributed by atoms with E-state index in [9.17, 15) is 19.7 Å². The standard InChI is InChI=1S/C11H10N2O4/c14-10-2-1-7-12(10)11(15)8-3-5-9(6-4-8)13(16)17/h3-6H,1-2,7H2. The second-order valence-electron chi connectivity index (χ2n) is 3.76. The Hall–Kier alpha value is -2.24. The van der Waals surface area contributed by atoms with E-state index in [1.54, 1.807) is 0 Å². The Bertz CT molecular complexity index is 481. The molecule has 1 aliphatic heterocycles. The molecule has 0 atom stereocenters. The summed E-state index contributed by atoms with van der Waals surface area (Å²) in [7, 11) is 0. The van der Waals surface area contributed by atoms with Gasteiger partial charge in [-0.15, -0.1) is 0 Å². The quantitative estimate of drug-likeness (QED) is 0.439. The Labute approximate surface area is 97.0 Å². The maximum Gasteiger partial charge on any atom is 0.269 e. The van der Waals surface area contributed by atoms with E-state index in [0.29, 0.717) is 24.9 Å². The normalized spacial score (nSPS) is 15.1. The molecule has 0 aromatic heterocycles. The molecule has 2 rings (SSSR count). The SMILES string of the molecule is O=C1CCCN1C(=O)c1ccc([N+](=O)[O-])cc1. The van der Waals surface area contributed by atoms with Crippen LogP contribution in [-0.4, -0.2) is 28.2 Å². The average Bonchev–Trinajstić information content (AvgIpc) is 2.74. The predicted octanol–water partition coefficient (Wildman–Crippen LogP) is 1.36. The number of benzene rings is 1. The molecular weight excluding hydrogens is 224 g/mol. The second kappa shape index (κ2) is 4.32. The number of likely N-dealkylation sites (tertiary alicyclic amines) is 1. The first-order chi connectivity index (χ1) is 8.09. The van der Waals surface area contributed by atoms with Gasteiger partial charge in [-0.1, -0.05) is 0 Å². The van der Waals surface area contributed by atoms with Crippen LogP contribution in [0.1, 0.15) is 23.2 Å². The Morgan fingerprint density at radius 2 is 1.94 bits per heavy atom. The maximum atomic E-state index is 11.9. The average molecular weight is 234 g/mol. The van der Waals surface area contributed by atoms with Crippen LogP contribution in [0.25, 0.3) is 0 Å². The summed E-state index contributed by atoms with van der Waals surface area (Å²) in [4.78, 5) is 34.3. The van der Waals surface area contributed by atoms with E-state index in [2.05, 4.69) is 0 Å². The lowest BCUT2D eigenvalue weighted by molar-refractivity contribution is -0.384. The van der Waals surface area contributed by atoms with E-state index in [-0.39, 0.29) is 17.5 Å². The number of non-ortho nitro benzene ring substituents is 1. The predicted molar refractivity (Wildman–Crippen MR) is 58.4 cm³/mol. The first kappa shape index (κ1) is 11.3. The number of carbonyl (C=O) groups excluding carboxylic acids is 2. The lowest BCUT2D eigenvalue weighted by Crippen LogP contribution is -2.31. The summed E-state index contributed by atoms with van der Waals surface area (Å²) < 4.78 is 0. The molecule has 88 valence electrons. The molecule has 1 aromatic rings. The maximum absolute atomic E-state index is 11.9. The van der Waals surface area contributed by atoms with Crippen molar-refractivity contribution in [2.75, 3.05) is 6.54 Å². The van der Waals surface area contributed by atoms with Gasteiger partial charge in [0.25, 0.3) is 11.6 Å². The highest BCUT2D eigenvalue weighted by atomic mass is 16.6. The molecule has 1 aliphatic rings.